The lowest BCUT2D eigenvalue weighted by Gasteiger charge is -2.14. The van der Waals surface area contributed by atoms with Crippen molar-refractivity contribution in [3.05, 3.63) is 60.2 Å². The molecular formula is C15H17OP. The lowest BCUT2D eigenvalue weighted by Crippen LogP contribution is -2.09. The minimum absolute atomic E-state index is 0.222. The average Bonchev–Trinajstić information content (AvgIpc) is 2.33. The van der Waals surface area contributed by atoms with Crippen LogP contribution in [0.4, 0.5) is 0 Å². The fourth-order valence-electron chi connectivity index (χ4n) is 1.62. The number of hydrogen-bond acceptors (Lipinski definition) is 1. The molecule has 2 aromatic rings. The van der Waals surface area contributed by atoms with Gasteiger partial charge in [0, 0.05) is 0 Å². The Balaban J connectivity index is 1.93. The Morgan fingerprint density at radius 2 is 1.59 bits per heavy atom. The minimum Gasteiger partial charge on any atom is -0.486 e. The van der Waals surface area contributed by atoms with Crippen LogP contribution in [-0.4, -0.2) is 5.85 Å². The molecule has 2 rings (SSSR count). The normalized spacial score (nSPS) is 12.8. The van der Waals surface area contributed by atoms with Gasteiger partial charge in [-0.05, 0) is 39.9 Å². The van der Waals surface area contributed by atoms with Crippen LogP contribution in [0, 0.1) is 6.92 Å². The standard InChI is InChI=1S/C15H17OP/c1-12-8-10-14(11-9-12)16-13(2)17-15-6-4-3-5-7-15/h3-11,13,17H,1-2H3. The van der Waals surface area contributed by atoms with Crippen molar-refractivity contribution in [1.82, 2.24) is 0 Å². The van der Waals surface area contributed by atoms with E-state index in [1.165, 1.54) is 10.9 Å². The first-order chi connectivity index (χ1) is 8.24. The summed E-state index contributed by atoms with van der Waals surface area (Å²) < 4.78 is 5.89. The monoisotopic (exact) mass is 244 g/mol. The summed E-state index contributed by atoms with van der Waals surface area (Å²) in [6.07, 6.45) is 0. The van der Waals surface area contributed by atoms with Crippen molar-refractivity contribution in [2.24, 2.45) is 0 Å². The summed E-state index contributed by atoms with van der Waals surface area (Å²) in [5.41, 5.74) is 1.26. The van der Waals surface area contributed by atoms with Gasteiger partial charge in [-0.2, -0.15) is 0 Å². The van der Waals surface area contributed by atoms with Crippen LogP contribution in [0.2, 0.25) is 0 Å². The van der Waals surface area contributed by atoms with Crippen molar-refractivity contribution in [2.45, 2.75) is 19.7 Å². The van der Waals surface area contributed by atoms with E-state index < -0.39 is 0 Å². The molecule has 0 bridgehead atoms. The van der Waals surface area contributed by atoms with Crippen molar-refractivity contribution < 1.29 is 4.74 Å². The Bertz CT molecular complexity index is 450. The molecule has 88 valence electrons. The van der Waals surface area contributed by atoms with E-state index in [4.69, 9.17) is 4.74 Å². The van der Waals surface area contributed by atoms with Crippen molar-refractivity contribution >= 4 is 13.9 Å². The van der Waals surface area contributed by atoms with Gasteiger partial charge in [-0.25, -0.2) is 0 Å². The number of aryl methyl sites for hydroxylation is 1. The van der Waals surface area contributed by atoms with Gasteiger partial charge in [-0.1, -0.05) is 48.0 Å². The molecule has 1 nitrogen and oxygen atoms in total. The smallest absolute Gasteiger partial charge is 0.120 e. The van der Waals surface area contributed by atoms with E-state index in [1.54, 1.807) is 0 Å². The molecule has 17 heavy (non-hydrogen) atoms. The van der Waals surface area contributed by atoms with Crippen LogP contribution in [0.1, 0.15) is 12.5 Å². The van der Waals surface area contributed by atoms with E-state index in [0.29, 0.717) is 8.58 Å². The van der Waals surface area contributed by atoms with Crippen LogP contribution in [0.15, 0.2) is 54.6 Å². The van der Waals surface area contributed by atoms with Crippen LogP contribution < -0.4 is 10.0 Å². The predicted molar refractivity (Wildman–Crippen MR) is 75.7 cm³/mol. The molecular weight excluding hydrogens is 227 g/mol. The lowest BCUT2D eigenvalue weighted by atomic mass is 10.2. The SMILES string of the molecule is Cc1ccc(OC(C)Pc2ccccc2)cc1. The van der Waals surface area contributed by atoms with Crippen molar-refractivity contribution in [3.63, 3.8) is 0 Å². The van der Waals surface area contributed by atoms with E-state index in [1.807, 2.05) is 18.2 Å². The molecule has 2 unspecified atom stereocenters. The van der Waals surface area contributed by atoms with Gasteiger partial charge in [-0.3, -0.25) is 0 Å². The topological polar surface area (TPSA) is 9.23 Å². The summed E-state index contributed by atoms with van der Waals surface area (Å²) in [5, 5.41) is 1.34. The lowest BCUT2D eigenvalue weighted by molar-refractivity contribution is 0.305. The zero-order valence-corrected chi connectivity index (χ0v) is 11.2. The molecule has 0 aliphatic carbocycles. The molecule has 0 radical (unpaired) electrons. The Labute approximate surface area is 105 Å². The summed E-state index contributed by atoms with van der Waals surface area (Å²) in [7, 11) is 0.679. The Morgan fingerprint density at radius 1 is 0.941 bits per heavy atom. The van der Waals surface area contributed by atoms with E-state index in [9.17, 15) is 0 Å². The van der Waals surface area contributed by atoms with E-state index in [2.05, 4.69) is 50.2 Å². The average molecular weight is 244 g/mol. The third-order valence-corrected chi connectivity index (χ3v) is 3.67. The highest BCUT2D eigenvalue weighted by Crippen LogP contribution is 2.22. The summed E-state index contributed by atoms with van der Waals surface area (Å²) in [6.45, 7) is 4.20. The maximum Gasteiger partial charge on any atom is 0.120 e. The molecule has 0 N–H and O–H groups in total. The first kappa shape index (κ1) is 12.1. The second-order valence-corrected chi connectivity index (χ2v) is 5.76. The first-order valence-electron chi connectivity index (χ1n) is 5.79. The number of rotatable bonds is 4. The molecule has 0 saturated carbocycles. The van der Waals surface area contributed by atoms with Crippen molar-refractivity contribution in [3.8, 4) is 5.75 Å². The van der Waals surface area contributed by atoms with Crippen LogP contribution in [0.5, 0.6) is 5.75 Å². The Hall–Kier alpha value is -1.33. The van der Waals surface area contributed by atoms with Gasteiger partial charge in [0.25, 0.3) is 0 Å². The van der Waals surface area contributed by atoms with E-state index >= 15 is 0 Å². The van der Waals surface area contributed by atoms with Gasteiger partial charge in [0.1, 0.15) is 11.6 Å². The molecule has 0 aliphatic heterocycles. The van der Waals surface area contributed by atoms with E-state index in [0.717, 1.165) is 5.75 Å². The summed E-state index contributed by atoms with van der Waals surface area (Å²) >= 11 is 0. The number of benzene rings is 2. The second-order valence-electron chi connectivity index (χ2n) is 4.08. The minimum atomic E-state index is 0.222. The Morgan fingerprint density at radius 3 is 2.24 bits per heavy atom. The molecule has 2 atom stereocenters. The summed E-state index contributed by atoms with van der Waals surface area (Å²) in [6, 6.07) is 18.7. The van der Waals surface area contributed by atoms with Crippen LogP contribution in [-0.2, 0) is 0 Å². The highest BCUT2D eigenvalue weighted by atomic mass is 31.1. The fraction of sp³-hybridized carbons (Fsp3) is 0.200. The molecule has 0 amide bonds. The number of hydrogen-bond donors (Lipinski definition) is 0. The molecule has 0 aromatic heterocycles. The van der Waals surface area contributed by atoms with Crippen LogP contribution >= 0.6 is 8.58 Å². The maximum atomic E-state index is 5.89. The maximum absolute atomic E-state index is 5.89. The van der Waals surface area contributed by atoms with Crippen molar-refractivity contribution in [2.75, 3.05) is 0 Å². The van der Waals surface area contributed by atoms with E-state index in [-0.39, 0.29) is 5.85 Å². The van der Waals surface area contributed by atoms with Gasteiger partial charge in [0.15, 0.2) is 0 Å². The van der Waals surface area contributed by atoms with Crippen LogP contribution in [0.3, 0.4) is 0 Å². The molecule has 0 saturated heterocycles. The van der Waals surface area contributed by atoms with Crippen molar-refractivity contribution in [1.29, 1.82) is 0 Å². The van der Waals surface area contributed by atoms with Gasteiger partial charge in [0.2, 0.25) is 0 Å². The Kier molecular flexibility index (Phi) is 4.17. The molecule has 0 spiro atoms. The van der Waals surface area contributed by atoms with Gasteiger partial charge >= 0.3 is 0 Å². The number of ether oxygens (including phenoxy) is 1. The first-order valence-corrected chi connectivity index (χ1v) is 6.87. The van der Waals surface area contributed by atoms with Gasteiger partial charge < -0.3 is 4.74 Å². The molecule has 0 fully saturated rings. The second kappa shape index (κ2) is 5.84. The highest BCUT2D eigenvalue weighted by Gasteiger charge is 2.04. The molecule has 0 heterocycles. The fourth-order valence-corrected chi connectivity index (χ4v) is 2.67. The predicted octanol–water partition coefficient (Wildman–Crippen LogP) is 3.72. The highest BCUT2D eigenvalue weighted by molar-refractivity contribution is 7.47. The zero-order valence-electron chi connectivity index (χ0n) is 10.2. The third kappa shape index (κ3) is 3.87. The zero-order chi connectivity index (χ0) is 12.1. The molecule has 2 heteroatoms. The van der Waals surface area contributed by atoms with Gasteiger partial charge in [-0.15, -0.1) is 0 Å². The largest absolute Gasteiger partial charge is 0.486 e. The summed E-state index contributed by atoms with van der Waals surface area (Å²) in [5.74, 6) is 1.17. The quantitative estimate of drug-likeness (QED) is 0.745. The molecule has 0 aliphatic rings. The third-order valence-electron chi connectivity index (χ3n) is 2.48. The van der Waals surface area contributed by atoms with Crippen LogP contribution in [0.25, 0.3) is 0 Å². The summed E-state index contributed by atoms with van der Waals surface area (Å²) in [4.78, 5) is 0. The van der Waals surface area contributed by atoms with Gasteiger partial charge in [0.05, 0.1) is 0 Å². The molecule has 2 aromatic carbocycles.